The molecule has 1 amide bonds. The highest BCUT2D eigenvalue weighted by Gasteiger charge is 2.31. The standard InChI is InChI=1S/C31H28FN7O/c1-20-6-4-7-21-12-16-35-29(28(20)21)39(23-8-5-14-33-19-23)30(40)24-11-10-22(18-25(24)32)37-31-36-17-13-27(38-31)26-9-2-3-15-34-26/h2-4,6-7,9-13,15-18,23,33H,5,8,14,19H2,1H3,(H,36,37,38)/t23-/m1/s1. The van der Waals surface area contributed by atoms with Gasteiger partial charge in [0, 0.05) is 36.2 Å². The number of amides is 1. The van der Waals surface area contributed by atoms with Crippen LogP contribution in [-0.4, -0.2) is 45.0 Å². The Balaban J connectivity index is 1.32. The number of anilines is 3. The number of carbonyl (C=O) groups excluding carboxylic acids is 1. The minimum Gasteiger partial charge on any atom is -0.324 e. The SMILES string of the molecule is Cc1cccc2ccnc(N(C(=O)c3ccc(Nc4nccc(-c5ccccn5)n4)cc3F)[C@@H]3CCCNC3)c12. The van der Waals surface area contributed by atoms with Gasteiger partial charge in [0.1, 0.15) is 11.6 Å². The van der Waals surface area contributed by atoms with Crippen molar-refractivity contribution < 1.29 is 9.18 Å². The van der Waals surface area contributed by atoms with E-state index in [9.17, 15) is 4.79 Å². The lowest BCUT2D eigenvalue weighted by Crippen LogP contribution is -2.49. The molecule has 200 valence electrons. The summed E-state index contributed by atoms with van der Waals surface area (Å²) < 4.78 is 15.6. The van der Waals surface area contributed by atoms with Crippen LogP contribution in [0.4, 0.5) is 21.8 Å². The Morgan fingerprint density at radius 1 is 0.975 bits per heavy atom. The number of rotatable bonds is 6. The molecule has 2 N–H and O–H groups in total. The van der Waals surface area contributed by atoms with Crippen LogP contribution in [0.5, 0.6) is 0 Å². The molecule has 1 atom stereocenters. The molecule has 0 unspecified atom stereocenters. The topological polar surface area (TPSA) is 95.9 Å². The van der Waals surface area contributed by atoms with Crippen LogP contribution in [0.25, 0.3) is 22.2 Å². The van der Waals surface area contributed by atoms with E-state index in [1.807, 2.05) is 49.4 Å². The van der Waals surface area contributed by atoms with E-state index in [1.54, 1.807) is 35.6 Å². The first-order valence-electron chi connectivity index (χ1n) is 13.3. The smallest absolute Gasteiger partial charge is 0.262 e. The Bertz CT molecular complexity index is 1670. The van der Waals surface area contributed by atoms with Crippen LogP contribution in [0.2, 0.25) is 0 Å². The van der Waals surface area contributed by atoms with E-state index in [4.69, 9.17) is 0 Å². The summed E-state index contributed by atoms with van der Waals surface area (Å²) in [7, 11) is 0. The number of carbonyl (C=O) groups is 1. The molecule has 5 aromatic rings. The molecule has 0 bridgehead atoms. The molecule has 1 saturated heterocycles. The van der Waals surface area contributed by atoms with Crippen LogP contribution in [0.3, 0.4) is 0 Å². The van der Waals surface area contributed by atoms with E-state index in [0.29, 0.717) is 35.4 Å². The average Bonchev–Trinajstić information content (AvgIpc) is 2.99. The van der Waals surface area contributed by atoms with E-state index >= 15 is 4.39 Å². The summed E-state index contributed by atoms with van der Waals surface area (Å²) in [6, 6.07) is 19.5. The molecule has 2 aromatic carbocycles. The van der Waals surface area contributed by atoms with Crippen molar-refractivity contribution >= 4 is 34.1 Å². The van der Waals surface area contributed by atoms with E-state index in [1.165, 1.54) is 12.1 Å². The maximum atomic E-state index is 15.6. The van der Waals surface area contributed by atoms with E-state index in [2.05, 4.69) is 30.6 Å². The van der Waals surface area contributed by atoms with Gasteiger partial charge in [0.15, 0.2) is 0 Å². The van der Waals surface area contributed by atoms with E-state index in [-0.39, 0.29) is 11.6 Å². The predicted octanol–water partition coefficient (Wildman–Crippen LogP) is 5.68. The van der Waals surface area contributed by atoms with Gasteiger partial charge in [0.2, 0.25) is 5.95 Å². The van der Waals surface area contributed by atoms with Crippen molar-refractivity contribution in [2.75, 3.05) is 23.3 Å². The Kier molecular flexibility index (Phi) is 7.11. The lowest BCUT2D eigenvalue weighted by atomic mass is 10.0. The number of halogens is 1. The Morgan fingerprint density at radius 2 is 1.88 bits per heavy atom. The summed E-state index contributed by atoms with van der Waals surface area (Å²) in [6.07, 6.45) is 6.73. The second kappa shape index (κ2) is 11.2. The van der Waals surface area contributed by atoms with Gasteiger partial charge in [-0.15, -0.1) is 0 Å². The van der Waals surface area contributed by atoms with Gasteiger partial charge in [-0.2, -0.15) is 0 Å². The predicted molar refractivity (Wildman–Crippen MR) is 154 cm³/mol. The number of aryl methyl sites for hydroxylation is 1. The van der Waals surface area contributed by atoms with Crippen molar-refractivity contribution in [3.8, 4) is 11.4 Å². The Hall–Kier alpha value is -4.76. The van der Waals surface area contributed by atoms with Crippen LogP contribution in [0, 0.1) is 12.7 Å². The molecular formula is C31H28FN7O. The van der Waals surface area contributed by atoms with Crippen LogP contribution >= 0.6 is 0 Å². The number of hydrogen-bond acceptors (Lipinski definition) is 7. The first-order valence-corrected chi connectivity index (χ1v) is 13.3. The second-order valence-corrected chi connectivity index (χ2v) is 9.78. The highest BCUT2D eigenvalue weighted by atomic mass is 19.1. The normalized spacial score (nSPS) is 15.1. The van der Waals surface area contributed by atoms with E-state index in [0.717, 1.165) is 35.7 Å². The third kappa shape index (κ3) is 5.11. The van der Waals surface area contributed by atoms with Crippen LogP contribution in [0.1, 0.15) is 28.8 Å². The summed E-state index contributed by atoms with van der Waals surface area (Å²) in [6.45, 7) is 3.50. The van der Waals surface area contributed by atoms with Crippen molar-refractivity contribution in [3.63, 3.8) is 0 Å². The third-order valence-corrected chi connectivity index (χ3v) is 7.10. The molecule has 4 heterocycles. The lowest BCUT2D eigenvalue weighted by molar-refractivity contribution is 0.0968. The zero-order valence-corrected chi connectivity index (χ0v) is 22.0. The zero-order valence-electron chi connectivity index (χ0n) is 22.0. The van der Waals surface area contributed by atoms with Crippen molar-refractivity contribution in [1.29, 1.82) is 0 Å². The first-order chi connectivity index (χ1) is 19.6. The van der Waals surface area contributed by atoms with Gasteiger partial charge in [0.25, 0.3) is 5.91 Å². The molecule has 0 aliphatic carbocycles. The maximum absolute atomic E-state index is 15.6. The van der Waals surface area contributed by atoms with Gasteiger partial charge >= 0.3 is 0 Å². The molecule has 8 nitrogen and oxygen atoms in total. The molecular weight excluding hydrogens is 505 g/mol. The number of nitrogens with one attached hydrogen (secondary N) is 2. The molecule has 6 rings (SSSR count). The van der Waals surface area contributed by atoms with Crippen molar-refractivity contribution in [1.82, 2.24) is 25.3 Å². The molecule has 1 aliphatic rings. The zero-order chi connectivity index (χ0) is 27.5. The van der Waals surface area contributed by atoms with Crippen molar-refractivity contribution in [2.24, 2.45) is 0 Å². The summed E-state index contributed by atoms with van der Waals surface area (Å²) >= 11 is 0. The highest BCUT2D eigenvalue weighted by Crippen LogP contribution is 2.32. The summed E-state index contributed by atoms with van der Waals surface area (Å²) in [5, 5.41) is 8.30. The average molecular weight is 534 g/mol. The fraction of sp³-hybridized carbons (Fsp3) is 0.194. The van der Waals surface area contributed by atoms with Crippen molar-refractivity contribution in [2.45, 2.75) is 25.8 Å². The fourth-order valence-electron chi connectivity index (χ4n) is 5.16. The molecule has 3 aromatic heterocycles. The number of fused-ring (bicyclic) bond motifs is 1. The minimum atomic E-state index is -0.637. The van der Waals surface area contributed by atoms with Crippen LogP contribution < -0.4 is 15.5 Å². The number of benzene rings is 2. The van der Waals surface area contributed by atoms with Crippen LogP contribution in [-0.2, 0) is 0 Å². The fourth-order valence-corrected chi connectivity index (χ4v) is 5.16. The van der Waals surface area contributed by atoms with Crippen LogP contribution in [0.15, 0.2) is 85.3 Å². The largest absolute Gasteiger partial charge is 0.324 e. The second-order valence-electron chi connectivity index (χ2n) is 9.78. The number of nitrogens with zero attached hydrogens (tertiary/aromatic N) is 5. The molecule has 0 spiro atoms. The monoisotopic (exact) mass is 533 g/mol. The third-order valence-electron chi connectivity index (χ3n) is 7.10. The van der Waals surface area contributed by atoms with Gasteiger partial charge < -0.3 is 10.6 Å². The van der Waals surface area contributed by atoms with Crippen molar-refractivity contribution in [3.05, 3.63) is 102 Å². The van der Waals surface area contributed by atoms with Gasteiger partial charge in [-0.3, -0.25) is 14.7 Å². The highest BCUT2D eigenvalue weighted by molar-refractivity contribution is 6.11. The molecule has 0 radical (unpaired) electrons. The van der Waals surface area contributed by atoms with E-state index < -0.39 is 11.7 Å². The number of pyridine rings is 2. The molecule has 1 fully saturated rings. The van der Waals surface area contributed by atoms with Gasteiger partial charge in [0.05, 0.1) is 23.0 Å². The maximum Gasteiger partial charge on any atom is 0.262 e. The van der Waals surface area contributed by atoms with Gasteiger partial charge in [-0.05, 0) is 79.7 Å². The molecule has 0 saturated carbocycles. The summed E-state index contributed by atoms with van der Waals surface area (Å²) in [5.74, 6) is -0.210. The molecule has 9 heteroatoms. The number of piperidine rings is 1. The number of aromatic nitrogens is 4. The Labute approximate surface area is 231 Å². The summed E-state index contributed by atoms with van der Waals surface area (Å²) in [5.41, 5.74) is 2.76. The quantitative estimate of drug-likeness (QED) is 0.290. The Morgan fingerprint density at radius 3 is 2.67 bits per heavy atom. The molecule has 40 heavy (non-hydrogen) atoms. The first kappa shape index (κ1) is 25.5. The number of hydrogen-bond donors (Lipinski definition) is 2. The minimum absolute atomic E-state index is 0.0216. The molecule has 1 aliphatic heterocycles. The van der Waals surface area contributed by atoms with Gasteiger partial charge in [-0.25, -0.2) is 19.3 Å². The summed E-state index contributed by atoms with van der Waals surface area (Å²) in [4.78, 5) is 33.4. The van der Waals surface area contributed by atoms with Gasteiger partial charge in [-0.1, -0.05) is 24.3 Å². The lowest BCUT2D eigenvalue weighted by Gasteiger charge is -2.35.